The Kier molecular flexibility index (Phi) is 5.44. The first kappa shape index (κ1) is 22.4. The molecule has 2 unspecified atom stereocenters. The molecule has 2 aromatic carbocycles. The van der Waals surface area contributed by atoms with Crippen LogP contribution in [0.3, 0.4) is 0 Å². The minimum atomic E-state index is 0.0305. The predicted octanol–water partition coefficient (Wildman–Crippen LogP) is 4.57. The lowest BCUT2D eigenvalue weighted by molar-refractivity contribution is 0.0788. The predicted molar refractivity (Wildman–Crippen MR) is 143 cm³/mol. The molecule has 3 aliphatic rings. The zero-order valence-electron chi connectivity index (χ0n) is 21.0. The van der Waals surface area contributed by atoms with Crippen LogP contribution in [0.15, 0.2) is 48.8 Å². The Labute approximate surface area is 215 Å². The summed E-state index contributed by atoms with van der Waals surface area (Å²) < 4.78 is 0. The molecule has 2 fully saturated rings. The summed E-state index contributed by atoms with van der Waals surface area (Å²) in [6.07, 6.45) is 8.35. The SMILES string of the molecule is CN1Cc2cc(-c3cnc(C4CCCN4)[nH]3)ccc2-c2ccc(-c3cnc(C4CCCN4)[nH]3)cc2C1=O. The third-order valence-corrected chi connectivity index (χ3v) is 7.99. The summed E-state index contributed by atoms with van der Waals surface area (Å²) in [5, 5.41) is 6.99. The monoisotopic (exact) mass is 493 g/mol. The molecule has 2 atom stereocenters. The number of carbonyl (C=O) groups is 1. The van der Waals surface area contributed by atoms with Gasteiger partial charge in [0.15, 0.2) is 0 Å². The van der Waals surface area contributed by atoms with Gasteiger partial charge in [0, 0.05) is 24.7 Å². The van der Waals surface area contributed by atoms with Crippen molar-refractivity contribution in [2.75, 3.05) is 20.1 Å². The highest BCUT2D eigenvalue weighted by Gasteiger charge is 2.26. The van der Waals surface area contributed by atoms with Gasteiger partial charge in [0.2, 0.25) is 0 Å². The number of carbonyl (C=O) groups excluding carboxylic acids is 1. The maximum absolute atomic E-state index is 13.5. The smallest absolute Gasteiger partial charge is 0.254 e. The van der Waals surface area contributed by atoms with Crippen molar-refractivity contribution in [3.8, 4) is 33.6 Å². The Bertz CT molecular complexity index is 1470. The summed E-state index contributed by atoms with van der Waals surface area (Å²) >= 11 is 0. The van der Waals surface area contributed by atoms with Crippen LogP contribution in [0, 0.1) is 0 Å². The average Bonchev–Trinajstić information content (AvgIpc) is 3.74. The number of rotatable bonds is 4. The standard InChI is InChI=1S/C29H31N7O/c1-36-16-19-12-17(25-14-32-27(34-25)23-4-2-10-30-23)6-8-20(19)21-9-7-18(13-22(21)29(36)37)26-15-33-28(35-26)24-5-3-11-31-24/h6-9,12-15,23-24,30-31H,2-5,10-11,16H2,1H3,(H,32,34)(H,33,35). The van der Waals surface area contributed by atoms with E-state index in [0.29, 0.717) is 12.6 Å². The molecule has 1 amide bonds. The van der Waals surface area contributed by atoms with Gasteiger partial charge in [-0.05, 0) is 73.2 Å². The lowest BCUT2D eigenvalue weighted by Crippen LogP contribution is -2.24. The van der Waals surface area contributed by atoms with Crippen molar-refractivity contribution in [2.24, 2.45) is 0 Å². The number of hydrogen-bond acceptors (Lipinski definition) is 5. The first-order valence-corrected chi connectivity index (χ1v) is 13.2. The fraction of sp³-hybridized carbons (Fsp3) is 0.345. The molecule has 2 saturated heterocycles. The highest BCUT2D eigenvalue weighted by molar-refractivity contribution is 6.03. The molecule has 0 bridgehead atoms. The first-order chi connectivity index (χ1) is 18.1. The van der Waals surface area contributed by atoms with Gasteiger partial charge < -0.3 is 25.5 Å². The topological polar surface area (TPSA) is 102 Å². The molecule has 4 aromatic rings. The van der Waals surface area contributed by atoms with Gasteiger partial charge in [-0.3, -0.25) is 4.79 Å². The lowest BCUT2D eigenvalue weighted by Gasteiger charge is -2.15. The summed E-state index contributed by atoms with van der Waals surface area (Å²) in [5.74, 6) is 2.00. The molecule has 0 radical (unpaired) electrons. The van der Waals surface area contributed by atoms with Gasteiger partial charge in [-0.25, -0.2) is 9.97 Å². The molecule has 5 heterocycles. The molecular weight excluding hydrogens is 462 g/mol. The number of imidazole rings is 2. The number of amides is 1. The number of fused-ring (bicyclic) bond motifs is 3. The summed E-state index contributed by atoms with van der Waals surface area (Å²) in [7, 11) is 1.88. The third-order valence-electron chi connectivity index (χ3n) is 7.99. The van der Waals surface area contributed by atoms with E-state index in [-0.39, 0.29) is 11.9 Å². The number of aromatic nitrogens is 4. The molecule has 7 rings (SSSR count). The van der Waals surface area contributed by atoms with Gasteiger partial charge in [0.25, 0.3) is 5.91 Å². The molecule has 0 spiro atoms. The zero-order chi connectivity index (χ0) is 24.9. The molecule has 2 aromatic heterocycles. The van der Waals surface area contributed by atoms with Crippen molar-refractivity contribution in [1.29, 1.82) is 0 Å². The molecule has 3 aliphatic heterocycles. The molecule has 0 saturated carbocycles. The third kappa shape index (κ3) is 3.97. The van der Waals surface area contributed by atoms with E-state index in [1.807, 2.05) is 25.5 Å². The maximum Gasteiger partial charge on any atom is 0.254 e. The number of benzene rings is 2. The van der Waals surface area contributed by atoms with Gasteiger partial charge >= 0.3 is 0 Å². The van der Waals surface area contributed by atoms with E-state index >= 15 is 0 Å². The van der Waals surface area contributed by atoms with Crippen molar-refractivity contribution in [2.45, 2.75) is 44.3 Å². The van der Waals surface area contributed by atoms with Crippen LogP contribution in [0.2, 0.25) is 0 Å². The van der Waals surface area contributed by atoms with Crippen LogP contribution in [0.25, 0.3) is 33.6 Å². The Hall–Kier alpha value is -3.75. The molecule has 0 aliphatic carbocycles. The second-order valence-corrected chi connectivity index (χ2v) is 10.5. The molecule has 4 N–H and O–H groups in total. The molecule has 8 nitrogen and oxygen atoms in total. The van der Waals surface area contributed by atoms with Crippen LogP contribution >= 0.6 is 0 Å². The number of nitrogens with zero attached hydrogens (tertiary/aromatic N) is 3. The number of aromatic amines is 2. The van der Waals surface area contributed by atoms with Gasteiger partial charge in [-0.15, -0.1) is 0 Å². The summed E-state index contributed by atoms with van der Waals surface area (Å²) in [6.45, 7) is 2.62. The van der Waals surface area contributed by atoms with Gasteiger partial charge in [-0.2, -0.15) is 0 Å². The fourth-order valence-electron chi connectivity index (χ4n) is 5.97. The summed E-state index contributed by atoms with van der Waals surface area (Å²) in [6, 6.07) is 13.2. The van der Waals surface area contributed by atoms with E-state index in [0.717, 1.165) is 82.3 Å². The summed E-state index contributed by atoms with van der Waals surface area (Å²) in [5.41, 5.74) is 7.92. The molecule has 8 heteroatoms. The molecule has 188 valence electrons. The fourth-order valence-corrected chi connectivity index (χ4v) is 5.97. The van der Waals surface area contributed by atoms with Gasteiger partial charge in [0.05, 0.1) is 35.9 Å². The van der Waals surface area contributed by atoms with Gasteiger partial charge in [-0.1, -0.05) is 24.3 Å². The van der Waals surface area contributed by atoms with Crippen molar-refractivity contribution in [3.63, 3.8) is 0 Å². The van der Waals surface area contributed by atoms with E-state index in [2.05, 4.69) is 60.9 Å². The highest BCUT2D eigenvalue weighted by Crippen LogP contribution is 2.37. The van der Waals surface area contributed by atoms with Crippen molar-refractivity contribution >= 4 is 5.91 Å². The molecule has 37 heavy (non-hydrogen) atoms. The second-order valence-electron chi connectivity index (χ2n) is 10.5. The Balaban J connectivity index is 1.23. The van der Waals surface area contributed by atoms with Crippen LogP contribution in [-0.4, -0.2) is 50.9 Å². The van der Waals surface area contributed by atoms with Crippen LogP contribution < -0.4 is 10.6 Å². The Morgan fingerprint density at radius 1 is 0.784 bits per heavy atom. The Morgan fingerprint density at radius 3 is 1.97 bits per heavy atom. The van der Waals surface area contributed by atoms with E-state index in [1.54, 1.807) is 4.90 Å². The lowest BCUT2D eigenvalue weighted by atomic mass is 9.93. The van der Waals surface area contributed by atoms with E-state index in [4.69, 9.17) is 0 Å². The normalized spacial score (nSPS) is 21.2. The van der Waals surface area contributed by atoms with Crippen molar-refractivity contribution < 1.29 is 4.79 Å². The largest absolute Gasteiger partial charge is 0.341 e. The minimum absolute atomic E-state index is 0.0305. The first-order valence-electron chi connectivity index (χ1n) is 13.2. The van der Waals surface area contributed by atoms with Crippen LogP contribution in [0.5, 0.6) is 0 Å². The van der Waals surface area contributed by atoms with Crippen molar-refractivity contribution in [1.82, 2.24) is 35.5 Å². The molecular formula is C29H31N7O. The van der Waals surface area contributed by atoms with Gasteiger partial charge in [0.1, 0.15) is 11.6 Å². The van der Waals surface area contributed by atoms with E-state index in [9.17, 15) is 4.79 Å². The second kappa shape index (κ2) is 8.97. The minimum Gasteiger partial charge on any atom is -0.341 e. The Morgan fingerprint density at radius 2 is 1.38 bits per heavy atom. The van der Waals surface area contributed by atoms with Crippen LogP contribution in [0.1, 0.15) is 65.3 Å². The van der Waals surface area contributed by atoms with E-state index < -0.39 is 0 Å². The average molecular weight is 494 g/mol. The summed E-state index contributed by atoms with van der Waals surface area (Å²) in [4.78, 5) is 31.5. The van der Waals surface area contributed by atoms with E-state index in [1.165, 1.54) is 12.8 Å². The zero-order valence-corrected chi connectivity index (χ0v) is 21.0. The highest BCUT2D eigenvalue weighted by atomic mass is 16.2. The van der Waals surface area contributed by atoms with Crippen LogP contribution in [0.4, 0.5) is 0 Å². The number of hydrogen-bond donors (Lipinski definition) is 4. The quantitative estimate of drug-likeness (QED) is 0.334. The van der Waals surface area contributed by atoms with Crippen LogP contribution in [-0.2, 0) is 6.54 Å². The maximum atomic E-state index is 13.5. The number of H-pyrrole nitrogens is 2. The van der Waals surface area contributed by atoms with Crippen molar-refractivity contribution in [3.05, 3.63) is 71.6 Å². The number of nitrogens with one attached hydrogen (secondary N) is 4.